The Morgan fingerprint density at radius 3 is 2.45 bits per heavy atom. The van der Waals surface area contributed by atoms with Gasteiger partial charge >= 0.3 is 6.18 Å². The lowest BCUT2D eigenvalue weighted by molar-refractivity contribution is -0.153. The van der Waals surface area contributed by atoms with Gasteiger partial charge in [0.05, 0.1) is 11.4 Å². The Morgan fingerprint density at radius 2 is 1.82 bits per heavy atom. The standard InChI is InChI=1S/C23H20F3N3O3S/c1-16(30)29(19-5-3-2-4-6-19)22-28-18(14-33-22)9-12-21(31)27-13-17-7-10-20(11-8-17)32-15-23(24,25)26/h2-12,14H,13,15H2,1H3,(H,27,31)/b12-9+. The van der Waals surface area contributed by atoms with E-state index in [1.807, 2.05) is 18.2 Å². The third kappa shape index (κ3) is 7.46. The molecule has 172 valence electrons. The molecule has 0 saturated heterocycles. The van der Waals surface area contributed by atoms with E-state index in [0.717, 1.165) is 0 Å². The highest BCUT2D eigenvalue weighted by Crippen LogP contribution is 2.29. The van der Waals surface area contributed by atoms with Gasteiger partial charge in [-0.25, -0.2) is 4.98 Å². The first-order valence-corrected chi connectivity index (χ1v) is 10.6. The number of ether oxygens (including phenoxy) is 1. The molecule has 0 saturated carbocycles. The van der Waals surface area contributed by atoms with Gasteiger partial charge in [-0.3, -0.25) is 14.5 Å². The number of hydrogen-bond donors (Lipinski definition) is 1. The molecular formula is C23H20F3N3O3S. The highest BCUT2D eigenvalue weighted by atomic mass is 32.1. The van der Waals surface area contributed by atoms with Crippen molar-refractivity contribution in [2.75, 3.05) is 11.5 Å². The number of nitrogens with one attached hydrogen (secondary N) is 1. The lowest BCUT2D eigenvalue weighted by Gasteiger charge is -2.17. The average Bonchev–Trinajstić information content (AvgIpc) is 3.24. The molecule has 1 heterocycles. The molecule has 0 atom stereocenters. The predicted molar refractivity (Wildman–Crippen MR) is 120 cm³/mol. The quantitative estimate of drug-likeness (QED) is 0.460. The topological polar surface area (TPSA) is 71.5 Å². The van der Waals surface area contributed by atoms with E-state index < -0.39 is 12.8 Å². The number of alkyl halides is 3. The second-order valence-electron chi connectivity index (χ2n) is 6.84. The lowest BCUT2D eigenvalue weighted by atomic mass is 10.2. The van der Waals surface area contributed by atoms with Crippen LogP contribution in [0.25, 0.3) is 6.08 Å². The summed E-state index contributed by atoms with van der Waals surface area (Å²) >= 11 is 1.28. The molecule has 3 rings (SSSR count). The van der Waals surface area contributed by atoms with E-state index in [1.54, 1.807) is 29.6 Å². The van der Waals surface area contributed by atoms with Crippen LogP contribution < -0.4 is 15.0 Å². The summed E-state index contributed by atoms with van der Waals surface area (Å²) in [6, 6.07) is 15.1. The van der Waals surface area contributed by atoms with Crippen LogP contribution in [-0.2, 0) is 16.1 Å². The summed E-state index contributed by atoms with van der Waals surface area (Å²) in [6.45, 7) is 0.283. The normalized spacial score (nSPS) is 11.4. The summed E-state index contributed by atoms with van der Waals surface area (Å²) in [7, 11) is 0. The second-order valence-corrected chi connectivity index (χ2v) is 7.68. The van der Waals surface area contributed by atoms with Gasteiger partial charge in [0.25, 0.3) is 0 Å². The number of carbonyl (C=O) groups excluding carboxylic acids is 2. The molecule has 0 aliphatic rings. The fourth-order valence-corrected chi connectivity index (χ4v) is 3.59. The van der Waals surface area contributed by atoms with Crippen LogP contribution in [0.1, 0.15) is 18.2 Å². The van der Waals surface area contributed by atoms with Gasteiger partial charge in [-0.1, -0.05) is 30.3 Å². The number of carbonyl (C=O) groups is 2. The zero-order valence-electron chi connectivity index (χ0n) is 17.5. The Bertz CT molecular complexity index is 1110. The van der Waals surface area contributed by atoms with E-state index in [2.05, 4.69) is 15.0 Å². The molecule has 0 spiro atoms. The lowest BCUT2D eigenvalue weighted by Crippen LogP contribution is -2.22. The zero-order chi connectivity index (χ0) is 23.8. The van der Waals surface area contributed by atoms with Gasteiger partial charge in [-0.2, -0.15) is 13.2 Å². The predicted octanol–water partition coefficient (Wildman–Crippen LogP) is 5.10. The number of benzene rings is 2. The smallest absolute Gasteiger partial charge is 0.422 e. The zero-order valence-corrected chi connectivity index (χ0v) is 18.3. The van der Waals surface area contributed by atoms with E-state index in [9.17, 15) is 22.8 Å². The van der Waals surface area contributed by atoms with Gasteiger partial charge < -0.3 is 10.1 Å². The van der Waals surface area contributed by atoms with E-state index in [1.165, 1.54) is 47.4 Å². The third-order valence-corrected chi connectivity index (χ3v) is 5.07. The van der Waals surface area contributed by atoms with Crippen LogP contribution in [0.5, 0.6) is 5.75 Å². The summed E-state index contributed by atoms with van der Waals surface area (Å²) in [6.07, 6.45) is -1.55. The molecule has 10 heteroatoms. The SMILES string of the molecule is CC(=O)N(c1ccccc1)c1nc(/C=C/C(=O)NCc2ccc(OCC(F)(F)F)cc2)cs1. The number of nitrogens with zero attached hydrogens (tertiary/aromatic N) is 2. The Morgan fingerprint density at radius 1 is 1.12 bits per heavy atom. The third-order valence-electron chi connectivity index (χ3n) is 4.23. The molecule has 0 radical (unpaired) electrons. The Kier molecular flexibility index (Phi) is 7.83. The molecule has 3 aromatic rings. The monoisotopic (exact) mass is 475 g/mol. The first-order valence-electron chi connectivity index (χ1n) is 9.77. The molecule has 2 aromatic carbocycles. The molecule has 0 fully saturated rings. The number of rotatable bonds is 8. The number of thiazole rings is 1. The molecule has 0 unspecified atom stereocenters. The minimum absolute atomic E-state index is 0.0942. The maximum Gasteiger partial charge on any atom is 0.422 e. The Balaban J connectivity index is 1.54. The van der Waals surface area contributed by atoms with Crippen molar-refractivity contribution in [3.63, 3.8) is 0 Å². The number of aromatic nitrogens is 1. The fraction of sp³-hybridized carbons (Fsp3) is 0.174. The largest absolute Gasteiger partial charge is 0.484 e. The maximum atomic E-state index is 12.2. The number of halogens is 3. The molecule has 0 aliphatic carbocycles. The van der Waals surface area contributed by atoms with Gasteiger partial charge in [-0.15, -0.1) is 11.3 Å². The summed E-state index contributed by atoms with van der Waals surface area (Å²) in [5.74, 6) is -0.455. The van der Waals surface area contributed by atoms with Gasteiger partial charge in [0.15, 0.2) is 11.7 Å². The van der Waals surface area contributed by atoms with Crippen LogP contribution in [0, 0.1) is 0 Å². The van der Waals surface area contributed by atoms with Gasteiger partial charge in [0, 0.05) is 24.9 Å². The molecule has 33 heavy (non-hydrogen) atoms. The Hall–Kier alpha value is -3.66. The van der Waals surface area contributed by atoms with Crippen molar-refractivity contribution in [1.29, 1.82) is 0 Å². The molecule has 0 bridgehead atoms. The van der Waals surface area contributed by atoms with E-state index in [0.29, 0.717) is 22.1 Å². The van der Waals surface area contributed by atoms with E-state index in [-0.39, 0.29) is 24.1 Å². The first-order chi connectivity index (χ1) is 15.7. The minimum Gasteiger partial charge on any atom is -0.484 e. The van der Waals surface area contributed by atoms with Crippen LogP contribution >= 0.6 is 11.3 Å². The highest BCUT2D eigenvalue weighted by Gasteiger charge is 2.28. The minimum atomic E-state index is -4.40. The van der Waals surface area contributed by atoms with Crippen molar-refractivity contribution in [3.8, 4) is 5.75 Å². The summed E-state index contributed by atoms with van der Waals surface area (Å²) in [5.41, 5.74) is 1.92. The summed E-state index contributed by atoms with van der Waals surface area (Å²) in [4.78, 5) is 30.1. The molecule has 1 N–H and O–H groups in total. The van der Waals surface area contributed by atoms with E-state index in [4.69, 9.17) is 0 Å². The molecule has 6 nitrogen and oxygen atoms in total. The van der Waals surface area contributed by atoms with Gasteiger partial charge in [0.2, 0.25) is 11.8 Å². The van der Waals surface area contributed by atoms with Crippen LogP contribution in [0.15, 0.2) is 66.1 Å². The fourth-order valence-electron chi connectivity index (χ4n) is 2.74. The van der Waals surface area contributed by atoms with Gasteiger partial charge in [-0.05, 0) is 35.9 Å². The molecule has 0 aliphatic heterocycles. The molecule has 1 aromatic heterocycles. The molecule has 2 amide bonds. The van der Waals surface area contributed by atoms with Crippen molar-refractivity contribution in [2.24, 2.45) is 0 Å². The number of para-hydroxylation sites is 1. The average molecular weight is 475 g/mol. The van der Waals surface area contributed by atoms with Crippen molar-refractivity contribution < 1.29 is 27.5 Å². The van der Waals surface area contributed by atoms with Crippen LogP contribution in [0.2, 0.25) is 0 Å². The van der Waals surface area contributed by atoms with Crippen LogP contribution in [0.4, 0.5) is 24.0 Å². The van der Waals surface area contributed by atoms with Crippen LogP contribution in [0.3, 0.4) is 0 Å². The van der Waals surface area contributed by atoms with Gasteiger partial charge in [0.1, 0.15) is 5.75 Å². The van der Waals surface area contributed by atoms with Crippen molar-refractivity contribution in [2.45, 2.75) is 19.6 Å². The summed E-state index contributed by atoms with van der Waals surface area (Å²) < 4.78 is 41.2. The highest BCUT2D eigenvalue weighted by molar-refractivity contribution is 7.14. The van der Waals surface area contributed by atoms with Crippen molar-refractivity contribution in [3.05, 3.63) is 77.3 Å². The maximum absolute atomic E-state index is 12.2. The second kappa shape index (κ2) is 10.8. The number of hydrogen-bond acceptors (Lipinski definition) is 5. The van der Waals surface area contributed by atoms with Crippen LogP contribution in [-0.4, -0.2) is 29.6 Å². The van der Waals surface area contributed by atoms with E-state index >= 15 is 0 Å². The summed E-state index contributed by atoms with van der Waals surface area (Å²) in [5, 5.41) is 4.90. The number of amides is 2. The van der Waals surface area contributed by atoms with Crippen molar-refractivity contribution >= 4 is 40.0 Å². The van der Waals surface area contributed by atoms with Crippen molar-refractivity contribution in [1.82, 2.24) is 10.3 Å². The molecular weight excluding hydrogens is 455 g/mol. The Labute approximate surface area is 192 Å². The first kappa shape index (κ1) is 24.0. The number of anilines is 2.